The molecule has 3 nitrogen and oxygen atoms in total. The minimum Gasteiger partial charge on any atom is -0.480 e. The number of aliphatic carboxylic acids is 1. The molecule has 18 heavy (non-hydrogen) atoms. The minimum atomic E-state index is -0.752. The molecule has 0 heterocycles. The molecule has 0 amide bonds. The first-order valence-corrected chi connectivity index (χ1v) is 6.76. The number of nitrogens with one attached hydrogen (secondary N) is 1. The molecule has 0 bridgehead atoms. The predicted molar refractivity (Wildman–Crippen MR) is 71.4 cm³/mol. The molecule has 2 N–H and O–H groups in total. The quantitative estimate of drug-likeness (QED) is 0.812. The molecule has 0 aliphatic heterocycles. The van der Waals surface area contributed by atoms with Gasteiger partial charge in [-0.15, -0.1) is 0 Å². The summed E-state index contributed by atoms with van der Waals surface area (Å²) >= 11 is 0. The van der Waals surface area contributed by atoms with Gasteiger partial charge in [-0.25, -0.2) is 0 Å². The van der Waals surface area contributed by atoms with Gasteiger partial charge in [-0.2, -0.15) is 0 Å². The molecule has 0 spiro atoms. The van der Waals surface area contributed by atoms with Crippen molar-refractivity contribution in [2.24, 2.45) is 5.92 Å². The average Bonchev–Trinajstić information content (AvgIpc) is 2.32. The Labute approximate surface area is 108 Å². The Bertz CT molecular complexity index is 387. The fourth-order valence-corrected chi connectivity index (χ4v) is 2.52. The van der Waals surface area contributed by atoms with E-state index in [1.807, 2.05) is 25.1 Å². The van der Waals surface area contributed by atoms with Crippen molar-refractivity contribution < 1.29 is 9.90 Å². The van der Waals surface area contributed by atoms with Gasteiger partial charge in [0.1, 0.15) is 6.04 Å². The highest BCUT2D eigenvalue weighted by Gasteiger charge is 2.31. The van der Waals surface area contributed by atoms with E-state index in [1.54, 1.807) is 0 Å². The maximum atomic E-state index is 11.2. The van der Waals surface area contributed by atoms with Gasteiger partial charge in [-0.1, -0.05) is 43.7 Å². The van der Waals surface area contributed by atoms with E-state index in [1.165, 1.54) is 24.8 Å². The summed E-state index contributed by atoms with van der Waals surface area (Å²) in [4.78, 5) is 11.2. The number of carboxylic acids is 1. The molecule has 2 rings (SSSR count). The predicted octanol–water partition coefficient (Wildman–Crippen LogP) is 2.98. The molecule has 1 aromatic carbocycles. The van der Waals surface area contributed by atoms with Crippen LogP contribution in [0.5, 0.6) is 0 Å². The first kappa shape index (κ1) is 13.1. The Morgan fingerprint density at radius 1 is 1.39 bits per heavy atom. The van der Waals surface area contributed by atoms with Crippen molar-refractivity contribution in [2.75, 3.05) is 0 Å². The van der Waals surface area contributed by atoms with Crippen LogP contribution in [0.2, 0.25) is 0 Å². The standard InChI is InChI=1S/C15H21NO2/c1-2-13(15(17)18)16-14(12-9-6-10-12)11-7-4-3-5-8-11/h3-5,7-8,12-14,16H,2,6,9-10H2,1H3,(H,17,18). The van der Waals surface area contributed by atoms with Gasteiger partial charge in [0.25, 0.3) is 0 Å². The largest absolute Gasteiger partial charge is 0.480 e. The third-order valence-corrected chi connectivity index (χ3v) is 3.87. The van der Waals surface area contributed by atoms with Crippen LogP contribution in [0.3, 0.4) is 0 Å². The van der Waals surface area contributed by atoms with Gasteiger partial charge in [-0.3, -0.25) is 10.1 Å². The zero-order valence-corrected chi connectivity index (χ0v) is 10.8. The Kier molecular flexibility index (Phi) is 4.37. The summed E-state index contributed by atoms with van der Waals surface area (Å²) in [5.74, 6) is -0.168. The van der Waals surface area contributed by atoms with E-state index in [9.17, 15) is 9.90 Å². The second kappa shape index (κ2) is 6.01. The molecular weight excluding hydrogens is 226 g/mol. The second-order valence-electron chi connectivity index (χ2n) is 5.05. The summed E-state index contributed by atoms with van der Waals surface area (Å²) in [5.41, 5.74) is 1.21. The van der Waals surface area contributed by atoms with E-state index in [4.69, 9.17) is 0 Å². The van der Waals surface area contributed by atoms with Gasteiger partial charge in [0, 0.05) is 6.04 Å². The SMILES string of the molecule is CCC(NC(c1ccccc1)C1CCC1)C(=O)O. The van der Waals surface area contributed by atoms with Gasteiger partial charge in [0.15, 0.2) is 0 Å². The van der Waals surface area contributed by atoms with Crippen LogP contribution in [0.4, 0.5) is 0 Å². The van der Waals surface area contributed by atoms with Crippen LogP contribution in [0.25, 0.3) is 0 Å². The molecule has 1 saturated carbocycles. The highest BCUT2D eigenvalue weighted by Crippen LogP contribution is 2.38. The van der Waals surface area contributed by atoms with E-state index in [2.05, 4.69) is 17.4 Å². The molecule has 1 aliphatic carbocycles. The molecule has 0 aromatic heterocycles. The third kappa shape index (κ3) is 2.91. The molecule has 3 heteroatoms. The van der Waals surface area contributed by atoms with Crippen molar-refractivity contribution in [1.82, 2.24) is 5.32 Å². The van der Waals surface area contributed by atoms with Crippen LogP contribution in [-0.4, -0.2) is 17.1 Å². The summed E-state index contributed by atoms with van der Waals surface area (Å²) in [6.45, 7) is 1.91. The molecular formula is C15H21NO2. The zero-order chi connectivity index (χ0) is 13.0. The van der Waals surface area contributed by atoms with Crippen molar-refractivity contribution in [1.29, 1.82) is 0 Å². The Morgan fingerprint density at radius 2 is 2.06 bits per heavy atom. The molecule has 98 valence electrons. The Balaban J connectivity index is 2.13. The van der Waals surface area contributed by atoms with E-state index >= 15 is 0 Å². The van der Waals surface area contributed by atoms with Gasteiger partial charge < -0.3 is 5.11 Å². The van der Waals surface area contributed by atoms with Crippen molar-refractivity contribution in [3.63, 3.8) is 0 Å². The Morgan fingerprint density at radius 3 is 2.50 bits per heavy atom. The maximum absolute atomic E-state index is 11.2. The van der Waals surface area contributed by atoms with Crippen LogP contribution in [-0.2, 0) is 4.79 Å². The number of rotatable bonds is 6. The van der Waals surface area contributed by atoms with Crippen molar-refractivity contribution in [3.8, 4) is 0 Å². The minimum absolute atomic E-state index is 0.181. The normalized spacial score (nSPS) is 18.9. The lowest BCUT2D eigenvalue weighted by atomic mass is 9.77. The van der Waals surface area contributed by atoms with Crippen LogP contribution in [0.1, 0.15) is 44.2 Å². The zero-order valence-electron chi connectivity index (χ0n) is 10.8. The molecule has 0 saturated heterocycles. The number of hydrogen-bond acceptors (Lipinski definition) is 2. The monoisotopic (exact) mass is 247 g/mol. The number of carbonyl (C=O) groups is 1. The van der Waals surface area contributed by atoms with Crippen LogP contribution < -0.4 is 5.32 Å². The molecule has 0 radical (unpaired) electrons. The molecule has 2 unspecified atom stereocenters. The highest BCUT2D eigenvalue weighted by molar-refractivity contribution is 5.73. The van der Waals surface area contributed by atoms with E-state index in [-0.39, 0.29) is 6.04 Å². The summed E-state index contributed by atoms with van der Waals surface area (Å²) < 4.78 is 0. The molecule has 2 atom stereocenters. The number of benzene rings is 1. The smallest absolute Gasteiger partial charge is 0.320 e. The van der Waals surface area contributed by atoms with Gasteiger partial charge in [0.05, 0.1) is 0 Å². The van der Waals surface area contributed by atoms with Gasteiger partial charge in [-0.05, 0) is 30.7 Å². The molecule has 1 aromatic rings. The average molecular weight is 247 g/mol. The molecule has 1 aliphatic rings. The summed E-state index contributed by atoms with van der Waals surface area (Å²) in [5, 5.41) is 12.5. The summed E-state index contributed by atoms with van der Waals surface area (Å²) in [6.07, 6.45) is 4.27. The first-order chi connectivity index (χ1) is 8.72. The van der Waals surface area contributed by atoms with Crippen LogP contribution >= 0.6 is 0 Å². The van der Waals surface area contributed by atoms with E-state index in [0.29, 0.717) is 12.3 Å². The van der Waals surface area contributed by atoms with E-state index in [0.717, 1.165) is 0 Å². The lowest BCUT2D eigenvalue weighted by molar-refractivity contribution is -0.140. The fraction of sp³-hybridized carbons (Fsp3) is 0.533. The van der Waals surface area contributed by atoms with Crippen LogP contribution in [0, 0.1) is 5.92 Å². The van der Waals surface area contributed by atoms with E-state index < -0.39 is 12.0 Å². The van der Waals surface area contributed by atoms with Crippen molar-refractivity contribution >= 4 is 5.97 Å². The first-order valence-electron chi connectivity index (χ1n) is 6.76. The van der Waals surface area contributed by atoms with Crippen molar-refractivity contribution in [3.05, 3.63) is 35.9 Å². The topological polar surface area (TPSA) is 49.3 Å². The molecule has 1 fully saturated rings. The summed E-state index contributed by atoms with van der Waals surface area (Å²) in [7, 11) is 0. The number of carboxylic acid groups (broad SMARTS) is 1. The number of hydrogen-bond donors (Lipinski definition) is 2. The fourth-order valence-electron chi connectivity index (χ4n) is 2.52. The maximum Gasteiger partial charge on any atom is 0.320 e. The highest BCUT2D eigenvalue weighted by atomic mass is 16.4. The van der Waals surface area contributed by atoms with Crippen LogP contribution in [0.15, 0.2) is 30.3 Å². The third-order valence-electron chi connectivity index (χ3n) is 3.87. The van der Waals surface area contributed by atoms with Crippen molar-refractivity contribution in [2.45, 2.75) is 44.7 Å². The van der Waals surface area contributed by atoms with Gasteiger partial charge >= 0.3 is 5.97 Å². The lowest BCUT2D eigenvalue weighted by Crippen LogP contribution is -2.42. The second-order valence-corrected chi connectivity index (χ2v) is 5.05. The summed E-state index contributed by atoms with van der Waals surface area (Å²) in [6, 6.07) is 9.94. The lowest BCUT2D eigenvalue weighted by Gasteiger charge is -2.36. The van der Waals surface area contributed by atoms with Gasteiger partial charge in [0.2, 0.25) is 0 Å². The Hall–Kier alpha value is -1.35.